The van der Waals surface area contributed by atoms with Crippen molar-refractivity contribution in [3.63, 3.8) is 0 Å². The Morgan fingerprint density at radius 1 is 1.30 bits per heavy atom. The Morgan fingerprint density at radius 2 is 2.05 bits per heavy atom. The molecule has 1 heterocycles. The Bertz CT molecular complexity index is 415. The van der Waals surface area contributed by atoms with Crippen molar-refractivity contribution in [3.05, 3.63) is 23.8 Å². The molecular weight excluding hydrogens is 252 g/mol. The average molecular weight is 278 g/mol. The van der Waals surface area contributed by atoms with Gasteiger partial charge in [-0.25, -0.2) is 0 Å². The SMILES string of the molecule is CCOc1ccc(NC2CCN(CC)CC2)cc1CO. The van der Waals surface area contributed by atoms with Crippen molar-refractivity contribution >= 4 is 5.69 Å². The van der Waals surface area contributed by atoms with E-state index in [2.05, 4.69) is 17.1 Å². The van der Waals surface area contributed by atoms with Gasteiger partial charge in [0.05, 0.1) is 13.2 Å². The van der Waals surface area contributed by atoms with Gasteiger partial charge >= 0.3 is 0 Å². The van der Waals surface area contributed by atoms with Gasteiger partial charge in [0, 0.05) is 30.4 Å². The summed E-state index contributed by atoms with van der Waals surface area (Å²) in [5.41, 5.74) is 1.93. The Hall–Kier alpha value is -1.26. The molecule has 2 rings (SSSR count). The zero-order chi connectivity index (χ0) is 14.4. The number of anilines is 1. The van der Waals surface area contributed by atoms with Gasteiger partial charge < -0.3 is 20.1 Å². The minimum Gasteiger partial charge on any atom is -0.494 e. The van der Waals surface area contributed by atoms with Gasteiger partial charge in [0.15, 0.2) is 0 Å². The summed E-state index contributed by atoms with van der Waals surface area (Å²) in [6.45, 7) is 8.28. The molecule has 0 bridgehead atoms. The Kier molecular flexibility index (Phi) is 5.68. The van der Waals surface area contributed by atoms with Crippen LogP contribution in [-0.2, 0) is 6.61 Å². The third kappa shape index (κ3) is 3.87. The molecule has 1 aliphatic heterocycles. The summed E-state index contributed by atoms with van der Waals surface area (Å²) in [5, 5.41) is 13.0. The molecule has 1 fully saturated rings. The highest BCUT2D eigenvalue weighted by molar-refractivity contribution is 5.51. The number of hydrogen-bond donors (Lipinski definition) is 2. The van der Waals surface area contributed by atoms with E-state index in [0.29, 0.717) is 12.6 Å². The number of aliphatic hydroxyl groups is 1. The summed E-state index contributed by atoms with van der Waals surface area (Å²) in [6.07, 6.45) is 2.35. The minimum absolute atomic E-state index is 0.0130. The van der Waals surface area contributed by atoms with Crippen LogP contribution in [0.5, 0.6) is 5.75 Å². The second-order valence-electron chi connectivity index (χ2n) is 5.27. The molecular formula is C16H26N2O2. The van der Waals surface area contributed by atoms with Crippen LogP contribution in [0.25, 0.3) is 0 Å². The number of rotatable bonds is 6. The lowest BCUT2D eigenvalue weighted by Crippen LogP contribution is -2.38. The second-order valence-corrected chi connectivity index (χ2v) is 5.27. The van der Waals surface area contributed by atoms with Gasteiger partial charge in [0.2, 0.25) is 0 Å². The van der Waals surface area contributed by atoms with Gasteiger partial charge in [-0.2, -0.15) is 0 Å². The molecule has 2 N–H and O–H groups in total. The van der Waals surface area contributed by atoms with Crippen LogP contribution >= 0.6 is 0 Å². The first-order valence-corrected chi connectivity index (χ1v) is 7.62. The molecule has 1 aliphatic rings. The number of hydrogen-bond acceptors (Lipinski definition) is 4. The minimum atomic E-state index is 0.0130. The summed E-state index contributed by atoms with van der Waals surface area (Å²) in [6, 6.07) is 6.51. The lowest BCUT2D eigenvalue weighted by atomic mass is 10.0. The summed E-state index contributed by atoms with van der Waals surface area (Å²) in [4.78, 5) is 2.48. The van der Waals surface area contributed by atoms with E-state index in [1.165, 1.54) is 12.8 Å². The fourth-order valence-corrected chi connectivity index (χ4v) is 2.72. The van der Waals surface area contributed by atoms with Crippen LogP contribution in [0.15, 0.2) is 18.2 Å². The van der Waals surface area contributed by atoms with Gasteiger partial charge in [0.1, 0.15) is 5.75 Å². The van der Waals surface area contributed by atoms with Crippen molar-refractivity contribution in [2.24, 2.45) is 0 Å². The van der Waals surface area contributed by atoms with Gasteiger partial charge in [-0.3, -0.25) is 0 Å². The van der Waals surface area contributed by atoms with Crippen molar-refractivity contribution in [1.82, 2.24) is 4.90 Å². The predicted molar refractivity (Wildman–Crippen MR) is 82.3 cm³/mol. The molecule has 1 saturated heterocycles. The quantitative estimate of drug-likeness (QED) is 0.839. The van der Waals surface area contributed by atoms with Crippen molar-refractivity contribution in [2.45, 2.75) is 39.3 Å². The van der Waals surface area contributed by atoms with Gasteiger partial charge in [-0.05, 0) is 44.5 Å². The molecule has 0 radical (unpaired) electrons. The number of ether oxygens (including phenoxy) is 1. The molecule has 0 aromatic heterocycles. The summed E-state index contributed by atoms with van der Waals surface area (Å²) in [5.74, 6) is 0.779. The lowest BCUT2D eigenvalue weighted by Gasteiger charge is -2.32. The normalized spacial score (nSPS) is 17.1. The van der Waals surface area contributed by atoms with Crippen LogP contribution in [0.2, 0.25) is 0 Å². The van der Waals surface area contributed by atoms with Gasteiger partial charge in [-0.15, -0.1) is 0 Å². The van der Waals surface area contributed by atoms with Crippen LogP contribution in [0.1, 0.15) is 32.3 Å². The summed E-state index contributed by atoms with van der Waals surface area (Å²) >= 11 is 0. The molecule has 0 amide bonds. The van der Waals surface area contributed by atoms with Gasteiger partial charge in [-0.1, -0.05) is 6.92 Å². The van der Waals surface area contributed by atoms with E-state index < -0.39 is 0 Å². The predicted octanol–water partition coefficient (Wildman–Crippen LogP) is 2.47. The smallest absolute Gasteiger partial charge is 0.124 e. The summed E-state index contributed by atoms with van der Waals surface area (Å²) < 4.78 is 5.51. The molecule has 20 heavy (non-hydrogen) atoms. The van der Waals surface area contributed by atoms with E-state index in [1.807, 2.05) is 25.1 Å². The zero-order valence-corrected chi connectivity index (χ0v) is 12.6. The number of aliphatic hydroxyl groups excluding tert-OH is 1. The fraction of sp³-hybridized carbons (Fsp3) is 0.625. The molecule has 112 valence electrons. The van der Waals surface area contributed by atoms with Crippen LogP contribution in [0.4, 0.5) is 5.69 Å². The van der Waals surface area contributed by atoms with Crippen LogP contribution in [-0.4, -0.2) is 42.3 Å². The van der Waals surface area contributed by atoms with Crippen molar-refractivity contribution in [2.75, 3.05) is 31.6 Å². The molecule has 0 aliphatic carbocycles. The van der Waals surface area contributed by atoms with E-state index in [9.17, 15) is 5.11 Å². The maximum atomic E-state index is 9.43. The zero-order valence-electron chi connectivity index (χ0n) is 12.6. The first-order chi connectivity index (χ1) is 9.76. The number of nitrogens with one attached hydrogen (secondary N) is 1. The maximum Gasteiger partial charge on any atom is 0.124 e. The van der Waals surface area contributed by atoms with E-state index in [1.54, 1.807) is 0 Å². The summed E-state index contributed by atoms with van der Waals surface area (Å²) in [7, 11) is 0. The number of likely N-dealkylation sites (tertiary alicyclic amines) is 1. The highest BCUT2D eigenvalue weighted by Crippen LogP contribution is 2.24. The molecule has 4 heteroatoms. The molecule has 4 nitrogen and oxygen atoms in total. The maximum absolute atomic E-state index is 9.43. The second kappa shape index (κ2) is 7.50. The van der Waals surface area contributed by atoms with Crippen molar-refractivity contribution < 1.29 is 9.84 Å². The molecule has 1 aromatic carbocycles. The third-order valence-electron chi connectivity index (χ3n) is 3.94. The van der Waals surface area contributed by atoms with Crippen LogP contribution in [0, 0.1) is 0 Å². The van der Waals surface area contributed by atoms with Crippen molar-refractivity contribution in [1.29, 1.82) is 0 Å². The number of benzene rings is 1. The van der Waals surface area contributed by atoms with E-state index >= 15 is 0 Å². The molecule has 0 spiro atoms. The monoisotopic (exact) mass is 278 g/mol. The van der Waals surface area contributed by atoms with Crippen molar-refractivity contribution in [3.8, 4) is 5.75 Å². The van der Waals surface area contributed by atoms with E-state index in [-0.39, 0.29) is 6.61 Å². The Balaban J connectivity index is 1.96. The van der Waals surface area contributed by atoms with Crippen LogP contribution < -0.4 is 10.1 Å². The lowest BCUT2D eigenvalue weighted by molar-refractivity contribution is 0.229. The van der Waals surface area contributed by atoms with E-state index in [0.717, 1.165) is 36.6 Å². The number of nitrogens with zero attached hydrogens (tertiary/aromatic N) is 1. The highest BCUT2D eigenvalue weighted by Gasteiger charge is 2.18. The Labute approximate surface area is 121 Å². The third-order valence-corrected chi connectivity index (χ3v) is 3.94. The molecule has 0 atom stereocenters. The highest BCUT2D eigenvalue weighted by atomic mass is 16.5. The molecule has 0 unspecified atom stereocenters. The standard InChI is InChI=1S/C16H26N2O2/c1-3-18-9-7-14(8-10-18)17-15-5-6-16(20-4-2)13(11-15)12-19/h5-6,11,14,17,19H,3-4,7-10,12H2,1-2H3. The van der Waals surface area contributed by atoms with Crippen LogP contribution in [0.3, 0.4) is 0 Å². The van der Waals surface area contributed by atoms with E-state index in [4.69, 9.17) is 4.74 Å². The molecule has 1 aromatic rings. The molecule has 0 saturated carbocycles. The number of piperidine rings is 1. The topological polar surface area (TPSA) is 44.7 Å². The average Bonchev–Trinajstić information content (AvgIpc) is 2.50. The first-order valence-electron chi connectivity index (χ1n) is 7.62. The first kappa shape index (κ1) is 15.1. The Morgan fingerprint density at radius 3 is 2.65 bits per heavy atom. The fourth-order valence-electron chi connectivity index (χ4n) is 2.72. The largest absolute Gasteiger partial charge is 0.494 e. The van der Waals surface area contributed by atoms with Gasteiger partial charge in [0.25, 0.3) is 0 Å².